The Balaban J connectivity index is 1.63. The smallest absolute Gasteiger partial charge is 0.102 e. The van der Waals surface area contributed by atoms with Gasteiger partial charge in [-0.2, -0.15) is 5.06 Å². The summed E-state index contributed by atoms with van der Waals surface area (Å²) in [7, 11) is 0. The van der Waals surface area contributed by atoms with Gasteiger partial charge in [-0.15, -0.1) is 0 Å². The SMILES string of the molecule is CC(CC1C=CCC1)OCc1ccc(C(C)ON(C(c2ccccc2)C(C)C)C(C)(C)C)cc1. The Morgan fingerprint density at radius 3 is 2.15 bits per heavy atom. The van der Waals surface area contributed by atoms with Gasteiger partial charge in [-0.1, -0.05) is 80.6 Å². The first-order valence-corrected chi connectivity index (χ1v) is 13.0. The van der Waals surface area contributed by atoms with Crippen LogP contribution >= 0.6 is 0 Å². The van der Waals surface area contributed by atoms with Crippen LogP contribution in [0.15, 0.2) is 66.7 Å². The third-order valence-corrected chi connectivity index (χ3v) is 6.69. The number of ether oxygens (including phenoxy) is 1. The number of benzene rings is 2. The lowest BCUT2D eigenvalue weighted by molar-refractivity contribution is -0.272. The number of rotatable bonds is 11. The first-order valence-electron chi connectivity index (χ1n) is 13.0. The van der Waals surface area contributed by atoms with Crippen molar-refractivity contribution in [3.63, 3.8) is 0 Å². The van der Waals surface area contributed by atoms with Crippen molar-refractivity contribution < 1.29 is 9.57 Å². The molecular formula is C31H45NO2. The fourth-order valence-electron chi connectivity index (χ4n) is 4.82. The fourth-order valence-corrected chi connectivity index (χ4v) is 4.82. The van der Waals surface area contributed by atoms with E-state index in [0.29, 0.717) is 18.4 Å². The van der Waals surface area contributed by atoms with Crippen LogP contribution in [0.4, 0.5) is 0 Å². The summed E-state index contributed by atoms with van der Waals surface area (Å²) in [4.78, 5) is 6.69. The molecule has 4 unspecified atom stereocenters. The van der Waals surface area contributed by atoms with Gasteiger partial charge >= 0.3 is 0 Å². The molecule has 0 fully saturated rings. The number of hydrogen-bond donors (Lipinski definition) is 0. The Kier molecular flexibility index (Phi) is 9.53. The van der Waals surface area contributed by atoms with Crippen LogP contribution in [0.3, 0.4) is 0 Å². The molecule has 2 aromatic carbocycles. The first-order chi connectivity index (χ1) is 16.1. The van der Waals surface area contributed by atoms with Crippen molar-refractivity contribution in [1.29, 1.82) is 0 Å². The normalized spacial score (nSPS) is 19.0. The lowest BCUT2D eigenvalue weighted by atomic mass is 9.92. The van der Waals surface area contributed by atoms with Gasteiger partial charge in [-0.25, -0.2) is 0 Å². The Bertz CT molecular complexity index is 882. The first kappa shape index (κ1) is 26.7. The molecule has 0 bridgehead atoms. The van der Waals surface area contributed by atoms with E-state index in [4.69, 9.17) is 9.57 Å². The molecule has 0 heterocycles. The van der Waals surface area contributed by atoms with Gasteiger partial charge in [0.15, 0.2) is 0 Å². The zero-order valence-electron chi connectivity index (χ0n) is 22.3. The van der Waals surface area contributed by atoms with Gasteiger partial charge in [0.2, 0.25) is 0 Å². The number of nitrogens with zero attached hydrogens (tertiary/aromatic N) is 1. The molecule has 0 saturated heterocycles. The van der Waals surface area contributed by atoms with E-state index in [1.54, 1.807) is 0 Å². The van der Waals surface area contributed by atoms with Crippen molar-refractivity contribution in [2.75, 3.05) is 0 Å². The van der Waals surface area contributed by atoms with E-state index < -0.39 is 0 Å². The van der Waals surface area contributed by atoms with Crippen molar-refractivity contribution in [2.24, 2.45) is 11.8 Å². The molecule has 2 aromatic rings. The highest BCUT2D eigenvalue weighted by molar-refractivity contribution is 5.24. The summed E-state index contributed by atoms with van der Waals surface area (Å²) in [6.07, 6.45) is 8.47. The van der Waals surface area contributed by atoms with E-state index >= 15 is 0 Å². The minimum Gasteiger partial charge on any atom is -0.374 e. The summed E-state index contributed by atoms with van der Waals surface area (Å²) in [6.45, 7) is 16.2. The van der Waals surface area contributed by atoms with Gasteiger partial charge in [-0.3, -0.25) is 4.84 Å². The van der Waals surface area contributed by atoms with Crippen LogP contribution in [0.2, 0.25) is 0 Å². The summed E-state index contributed by atoms with van der Waals surface area (Å²) < 4.78 is 6.13. The van der Waals surface area contributed by atoms with Crippen LogP contribution in [0.1, 0.15) is 96.6 Å². The van der Waals surface area contributed by atoms with Crippen LogP contribution in [-0.2, 0) is 16.2 Å². The molecule has 0 saturated carbocycles. The molecule has 0 aliphatic heterocycles. The summed E-state index contributed by atoms with van der Waals surface area (Å²) in [6, 6.07) is 19.6. The second kappa shape index (κ2) is 12.2. The van der Waals surface area contributed by atoms with Gasteiger partial charge in [0, 0.05) is 5.54 Å². The average Bonchev–Trinajstić information content (AvgIpc) is 3.30. The van der Waals surface area contributed by atoms with Crippen molar-refractivity contribution in [1.82, 2.24) is 5.06 Å². The highest BCUT2D eigenvalue weighted by Gasteiger charge is 2.34. The maximum atomic E-state index is 6.69. The summed E-state index contributed by atoms with van der Waals surface area (Å²) in [5, 5.41) is 2.20. The van der Waals surface area contributed by atoms with E-state index in [1.807, 2.05) is 0 Å². The van der Waals surface area contributed by atoms with Crippen molar-refractivity contribution in [3.8, 4) is 0 Å². The molecule has 186 valence electrons. The van der Waals surface area contributed by atoms with Crippen LogP contribution < -0.4 is 0 Å². The molecule has 3 rings (SSSR count). The molecule has 0 amide bonds. The molecule has 1 aliphatic rings. The van der Waals surface area contributed by atoms with Crippen LogP contribution in [-0.4, -0.2) is 16.7 Å². The number of allylic oxidation sites excluding steroid dienone is 2. The standard InChI is InChI=1S/C31H45NO2/c1-23(2)30(29-15-9-8-10-16-29)32(31(5,6)7)34-25(4)28-19-17-27(18-20-28)22-33-24(3)21-26-13-11-12-14-26/h8-11,13,15-20,23-26,30H,12,14,21-22H2,1-7H3. The zero-order chi connectivity index (χ0) is 24.7. The quantitative estimate of drug-likeness (QED) is 0.246. The lowest BCUT2D eigenvalue weighted by Crippen LogP contribution is -2.46. The molecule has 0 aromatic heterocycles. The van der Waals surface area contributed by atoms with Crippen LogP contribution in [0.25, 0.3) is 0 Å². The van der Waals surface area contributed by atoms with E-state index in [9.17, 15) is 0 Å². The second-order valence-electron chi connectivity index (χ2n) is 11.2. The molecule has 0 spiro atoms. The van der Waals surface area contributed by atoms with E-state index in [1.165, 1.54) is 29.5 Å². The topological polar surface area (TPSA) is 21.7 Å². The average molecular weight is 464 g/mol. The monoisotopic (exact) mass is 463 g/mol. The number of hydroxylamine groups is 2. The Morgan fingerprint density at radius 2 is 1.59 bits per heavy atom. The van der Waals surface area contributed by atoms with Crippen molar-refractivity contribution >= 4 is 0 Å². The predicted octanol–water partition coefficient (Wildman–Crippen LogP) is 8.44. The summed E-state index contributed by atoms with van der Waals surface area (Å²) in [5.74, 6) is 1.10. The minimum atomic E-state index is -0.141. The molecule has 3 heteroatoms. The van der Waals surface area contributed by atoms with Crippen molar-refractivity contribution in [3.05, 3.63) is 83.4 Å². The second-order valence-corrected chi connectivity index (χ2v) is 11.2. The van der Waals surface area contributed by atoms with Gasteiger partial charge in [0.25, 0.3) is 0 Å². The molecule has 4 atom stereocenters. The summed E-state index contributed by atoms with van der Waals surface area (Å²) in [5.41, 5.74) is 3.53. The van der Waals surface area contributed by atoms with Gasteiger partial charge in [-0.05, 0) is 82.4 Å². The Morgan fingerprint density at radius 1 is 0.912 bits per heavy atom. The highest BCUT2D eigenvalue weighted by Crippen LogP contribution is 2.37. The van der Waals surface area contributed by atoms with Gasteiger partial charge in [0.1, 0.15) is 6.10 Å². The van der Waals surface area contributed by atoms with Crippen LogP contribution in [0.5, 0.6) is 0 Å². The lowest BCUT2D eigenvalue weighted by Gasteiger charge is -2.44. The molecule has 0 radical (unpaired) electrons. The van der Waals surface area contributed by atoms with E-state index in [0.717, 1.165) is 6.42 Å². The third-order valence-electron chi connectivity index (χ3n) is 6.69. The molecule has 0 N–H and O–H groups in total. The Hall–Kier alpha value is -1.94. The van der Waals surface area contributed by atoms with Crippen molar-refractivity contribution in [2.45, 2.75) is 98.1 Å². The van der Waals surface area contributed by atoms with Gasteiger partial charge in [0.05, 0.1) is 18.8 Å². The van der Waals surface area contributed by atoms with Gasteiger partial charge < -0.3 is 4.74 Å². The van der Waals surface area contributed by atoms with E-state index in [2.05, 4.69) is 120 Å². The highest BCUT2D eigenvalue weighted by atomic mass is 16.7. The zero-order valence-corrected chi connectivity index (χ0v) is 22.3. The predicted molar refractivity (Wildman–Crippen MR) is 142 cm³/mol. The minimum absolute atomic E-state index is 0.0489. The molecule has 34 heavy (non-hydrogen) atoms. The van der Waals surface area contributed by atoms with Crippen LogP contribution in [0, 0.1) is 11.8 Å². The molecular weight excluding hydrogens is 418 g/mol. The maximum absolute atomic E-state index is 6.69. The van der Waals surface area contributed by atoms with E-state index in [-0.39, 0.29) is 23.8 Å². The maximum Gasteiger partial charge on any atom is 0.102 e. The number of hydrogen-bond acceptors (Lipinski definition) is 3. The largest absolute Gasteiger partial charge is 0.374 e. The molecule has 3 nitrogen and oxygen atoms in total. The molecule has 1 aliphatic carbocycles. The summed E-state index contributed by atoms with van der Waals surface area (Å²) >= 11 is 0. The third kappa shape index (κ3) is 7.53. The Labute approximate surface area is 208 Å². The fraction of sp³-hybridized carbons (Fsp3) is 0.548.